The van der Waals surface area contributed by atoms with E-state index >= 15 is 0 Å². The fourth-order valence-corrected chi connectivity index (χ4v) is 4.36. The Hall–Kier alpha value is -4.09. The van der Waals surface area contributed by atoms with Crippen LogP contribution < -0.4 is 14.9 Å². The maximum atomic E-state index is 12.9. The quantitative estimate of drug-likeness (QED) is 0.184. The third-order valence-electron chi connectivity index (χ3n) is 4.86. The highest BCUT2D eigenvalue weighted by atomic mass is 35.5. The van der Waals surface area contributed by atoms with Gasteiger partial charge in [-0.2, -0.15) is 5.10 Å². The number of anilines is 2. The van der Waals surface area contributed by atoms with Crippen molar-refractivity contribution in [2.24, 2.45) is 5.10 Å². The molecule has 1 heterocycles. The number of halogens is 1. The lowest BCUT2D eigenvalue weighted by Crippen LogP contribution is -2.20. The van der Waals surface area contributed by atoms with Crippen molar-refractivity contribution in [3.8, 4) is 5.75 Å². The second-order valence-electron chi connectivity index (χ2n) is 7.14. The average molecular weight is 514 g/mol. The molecule has 0 aliphatic heterocycles. The first-order chi connectivity index (χ1) is 16.8. The van der Waals surface area contributed by atoms with E-state index in [1.807, 2.05) is 12.1 Å². The van der Waals surface area contributed by atoms with E-state index in [2.05, 4.69) is 25.2 Å². The number of H-pyrrole nitrogens is 1. The van der Waals surface area contributed by atoms with Gasteiger partial charge >= 0.3 is 5.97 Å². The summed E-state index contributed by atoms with van der Waals surface area (Å²) in [6.45, 7) is 0. The number of carbonyl (C=O) groups excluding carboxylic acids is 1. The van der Waals surface area contributed by atoms with Gasteiger partial charge in [0.2, 0.25) is 5.71 Å². The van der Waals surface area contributed by atoms with Crippen LogP contribution in [0.2, 0.25) is 5.02 Å². The van der Waals surface area contributed by atoms with Crippen LogP contribution in [0, 0.1) is 0 Å². The fraction of sp³-hybridized carbons (Fsp3) is 0.0870. The number of nitrogens with zero attached hydrogens (tertiary/aromatic N) is 2. The number of hydrazone groups is 1. The van der Waals surface area contributed by atoms with Gasteiger partial charge in [-0.25, -0.2) is 18.2 Å². The van der Waals surface area contributed by atoms with Crippen molar-refractivity contribution in [1.82, 2.24) is 9.97 Å². The van der Waals surface area contributed by atoms with Crippen LogP contribution in [0.4, 0.5) is 11.4 Å². The van der Waals surface area contributed by atoms with Crippen molar-refractivity contribution in [2.45, 2.75) is 4.90 Å². The number of carbonyl (C=O) groups is 1. The van der Waals surface area contributed by atoms with Crippen molar-refractivity contribution < 1.29 is 22.7 Å². The van der Waals surface area contributed by atoms with Crippen molar-refractivity contribution in [1.29, 1.82) is 0 Å². The molecule has 12 heteroatoms. The highest BCUT2D eigenvalue weighted by Gasteiger charge is 2.21. The molecule has 0 saturated heterocycles. The Morgan fingerprint density at radius 3 is 2.49 bits per heavy atom. The molecule has 0 amide bonds. The number of hydrogen-bond donors (Lipinski definition) is 3. The number of rotatable bonds is 8. The Kier molecular flexibility index (Phi) is 6.90. The summed E-state index contributed by atoms with van der Waals surface area (Å²) in [7, 11) is -1.31. The predicted molar refractivity (Wildman–Crippen MR) is 134 cm³/mol. The molecule has 180 valence electrons. The maximum Gasteiger partial charge on any atom is 0.362 e. The van der Waals surface area contributed by atoms with Gasteiger partial charge in [0.1, 0.15) is 5.75 Å². The van der Waals surface area contributed by atoms with Crippen molar-refractivity contribution in [3.05, 3.63) is 77.6 Å². The van der Waals surface area contributed by atoms with Crippen LogP contribution in [-0.2, 0) is 19.6 Å². The number of nitrogens with one attached hydrogen (secondary N) is 3. The van der Waals surface area contributed by atoms with E-state index in [-0.39, 0.29) is 22.1 Å². The first kappa shape index (κ1) is 24.0. The summed E-state index contributed by atoms with van der Waals surface area (Å²) < 4.78 is 38.5. The van der Waals surface area contributed by atoms with Gasteiger partial charge in [0, 0.05) is 10.7 Å². The molecule has 0 atom stereocenters. The third kappa shape index (κ3) is 5.36. The molecule has 0 aliphatic rings. The summed E-state index contributed by atoms with van der Waals surface area (Å²) >= 11 is 5.86. The zero-order valence-corrected chi connectivity index (χ0v) is 20.1. The summed E-state index contributed by atoms with van der Waals surface area (Å²) in [5, 5.41) is 4.62. The topological polar surface area (TPSA) is 135 Å². The molecule has 0 spiro atoms. The smallest absolute Gasteiger partial charge is 0.362 e. The van der Waals surface area contributed by atoms with Crippen LogP contribution in [0.15, 0.2) is 76.7 Å². The van der Waals surface area contributed by atoms with Crippen molar-refractivity contribution in [3.63, 3.8) is 0 Å². The van der Waals surface area contributed by atoms with E-state index in [4.69, 9.17) is 21.1 Å². The fourth-order valence-electron chi connectivity index (χ4n) is 3.15. The molecule has 1 aromatic heterocycles. The predicted octanol–water partition coefficient (Wildman–Crippen LogP) is 4.01. The number of fused-ring (bicyclic) bond motifs is 1. The summed E-state index contributed by atoms with van der Waals surface area (Å²) in [5.74, 6) is -0.269. The van der Waals surface area contributed by atoms with Crippen LogP contribution >= 0.6 is 11.6 Å². The largest absolute Gasteiger partial charge is 0.495 e. The van der Waals surface area contributed by atoms with Crippen LogP contribution in [0.3, 0.4) is 0 Å². The molecule has 0 fully saturated rings. The summed E-state index contributed by atoms with van der Waals surface area (Å²) in [5.41, 5.74) is 4.44. The van der Waals surface area contributed by atoms with Gasteiger partial charge < -0.3 is 14.5 Å². The Bertz CT molecular complexity index is 1480. The summed E-state index contributed by atoms with van der Waals surface area (Å²) in [4.78, 5) is 19.7. The number of hydrogen-bond acceptors (Lipinski definition) is 8. The molecule has 0 radical (unpaired) electrons. The summed E-state index contributed by atoms with van der Waals surface area (Å²) in [6, 6.07) is 17.6. The molecule has 0 bridgehead atoms. The van der Waals surface area contributed by atoms with Crippen molar-refractivity contribution >= 4 is 55.7 Å². The van der Waals surface area contributed by atoms with Gasteiger partial charge in [0.25, 0.3) is 10.0 Å². The monoisotopic (exact) mass is 513 g/mol. The number of para-hydroxylation sites is 2. The van der Waals surface area contributed by atoms with Crippen LogP contribution in [0.1, 0.15) is 5.82 Å². The Morgan fingerprint density at radius 1 is 1.06 bits per heavy atom. The number of aromatic amines is 1. The van der Waals surface area contributed by atoms with Gasteiger partial charge in [0.15, 0.2) is 5.82 Å². The Labute approximate surface area is 206 Å². The molecular formula is C23H20ClN5O5S. The standard InChI is InChI=1S/C23H20ClN5O5S/c1-33-20-12-11-16(35(31,32)29-15-9-7-14(24)8-10-15)13-19(20)27-28-21(23(30)34-2)22-25-17-5-3-4-6-18(17)26-22/h3-13,27,29H,1-2H3,(H,25,26). The SMILES string of the molecule is COC(=O)C(=NNc1cc(S(=O)(=O)Nc2ccc(Cl)cc2)ccc1OC)c1nc2ccccc2[nH]1. The minimum Gasteiger partial charge on any atom is -0.495 e. The lowest BCUT2D eigenvalue weighted by molar-refractivity contribution is -0.132. The summed E-state index contributed by atoms with van der Waals surface area (Å²) in [6.07, 6.45) is 0. The van der Waals surface area contributed by atoms with Gasteiger partial charge in [-0.1, -0.05) is 23.7 Å². The normalized spacial score (nSPS) is 11.8. The molecule has 0 unspecified atom stereocenters. The number of ether oxygens (including phenoxy) is 2. The molecular weight excluding hydrogens is 494 g/mol. The molecule has 4 aromatic rings. The van der Waals surface area contributed by atoms with E-state index in [9.17, 15) is 13.2 Å². The lowest BCUT2D eigenvalue weighted by atomic mass is 10.3. The Morgan fingerprint density at radius 2 is 1.80 bits per heavy atom. The minimum atomic E-state index is -3.95. The molecule has 0 saturated carbocycles. The highest BCUT2D eigenvalue weighted by Crippen LogP contribution is 2.29. The van der Waals surface area contributed by atoms with E-state index in [0.29, 0.717) is 27.5 Å². The number of esters is 1. The van der Waals surface area contributed by atoms with E-state index < -0.39 is 16.0 Å². The van der Waals surface area contributed by atoms with E-state index in [1.54, 1.807) is 36.4 Å². The zero-order chi connectivity index (χ0) is 25.0. The molecule has 3 N–H and O–H groups in total. The second-order valence-corrected chi connectivity index (χ2v) is 9.26. The molecule has 35 heavy (non-hydrogen) atoms. The van der Waals surface area contributed by atoms with Gasteiger partial charge in [0.05, 0.1) is 35.8 Å². The third-order valence-corrected chi connectivity index (χ3v) is 6.49. The first-order valence-corrected chi connectivity index (χ1v) is 12.0. The molecule has 4 rings (SSSR count). The first-order valence-electron chi connectivity index (χ1n) is 10.1. The highest BCUT2D eigenvalue weighted by molar-refractivity contribution is 7.92. The van der Waals surface area contributed by atoms with Gasteiger partial charge in [-0.3, -0.25) is 10.1 Å². The van der Waals surface area contributed by atoms with Crippen LogP contribution in [-0.4, -0.2) is 44.3 Å². The number of methoxy groups -OCH3 is 2. The number of aromatic nitrogens is 2. The van der Waals surface area contributed by atoms with E-state index in [0.717, 1.165) is 0 Å². The molecule has 0 aliphatic carbocycles. The zero-order valence-electron chi connectivity index (χ0n) is 18.6. The lowest BCUT2D eigenvalue weighted by Gasteiger charge is -2.12. The minimum absolute atomic E-state index is 0.0608. The number of benzene rings is 3. The average Bonchev–Trinajstić information content (AvgIpc) is 3.29. The van der Waals surface area contributed by atoms with Crippen molar-refractivity contribution in [2.75, 3.05) is 24.4 Å². The van der Waals surface area contributed by atoms with Gasteiger partial charge in [-0.05, 0) is 54.6 Å². The Balaban J connectivity index is 1.67. The number of imidazole rings is 1. The molecule has 10 nitrogen and oxygen atoms in total. The van der Waals surface area contributed by atoms with Crippen LogP contribution in [0.25, 0.3) is 11.0 Å². The molecule has 3 aromatic carbocycles. The van der Waals surface area contributed by atoms with Gasteiger partial charge in [-0.15, -0.1) is 0 Å². The van der Waals surface area contributed by atoms with Crippen LogP contribution in [0.5, 0.6) is 5.75 Å². The second kappa shape index (κ2) is 10.0. The number of sulfonamides is 1. The van der Waals surface area contributed by atoms with E-state index in [1.165, 1.54) is 32.4 Å². The maximum absolute atomic E-state index is 12.9.